The summed E-state index contributed by atoms with van der Waals surface area (Å²) >= 11 is 1.41. The third-order valence-corrected chi connectivity index (χ3v) is 5.51. The van der Waals surface area contributed by atoms with Gasteiger partial charge in [0.2, 0.25) is 5.91 Å². The van der Waals surface area contributed by atoms with Crippen LogP contribution in [0.1, 0.15) is 48.7 Å². The molecule has 1 heterocycles. The van der Waals surface area contributed by atoms with Gasteiger partial charge in [-0.2, -0.15) is 0 Å². The molecule has 25 heavy (non-hydrogen) atoms. The molecule has 134 valence electrons. The first-order valence-corrected chi connectivity index (χ1v) is 9.61. The van der Waals surface area contributed by atoms with Gasteiger partial charge in [-0.15, -0.1) is 0 Å². The van der Waals surface area contributed by atoms with E-state index in [2.05, 4.69) is 34.3 Å². The Morgan fingerprint density at radius 2 is 1.72 bits per heavy atom. The molecule has 5 heteroatoms. The minimum atomic E-state index is -0.227. The summed E-state index contributed by atoms with van der Waals surface area (Å²) in [4.78, 5) is 21.4. The molecule has 1 aromatic heterocycles. The van der Waals surface area contributed by atoms with E-state index in [-0.39, 0.29) is 11.2 Å². The predicted molar refractivity (Wildman–Crippen MR) is 104 cm³/mol. The highest BCUT2D eigenvalue weighted by Gasteiger charge is 2.18. The zero-order chi connectivity index (χ0) is 18.4. The number of hydrogen-bond acceptors (Lipinski definition) is 4. The van der Waals surface area contributed by atoms with Gasteiger partial charge in [0, 0.05) is 23.9 Å². The number of rotatable bonds is 7. The number of aromatic nitrogens is 2. The van der Waals surface area contributed by atoms with Crippen molar-refractivity contribution in [1.82, 2.24) is 15.3 Å². The standard InChI is InChI=1S/C20H27N3OS/c1-6-17(18-10-8-7-9-11-18)12-21-19(24)16(5)25-20-22-14(3)13(2)15(4)23-20/h7-11,16-17H,6,12H2,1-5H3,(H,21,24)/t16-,17+/m1/s1. The van der Waals surface area contributed by atoms with E-state index in [1.54, 1.807) is 0 Å². The van der Waals surface area contributed by atoms with Crippen LogP contribution in [0.4, 0.5) is 0 Å². The molecule has 0 spiro atoms. The van der Waals surface area contributed by atoms with E-state index in [1.165, 1.54) is 17.3 Å². The van der Waals surface area contributed by atoms with Crippen LogP contribution in [-0.4, -0.2) is 27.7 Å². The maximum atomic E-state index is 12.4. The number of aryl methyl sites for hydroxylation is 2. The zero-order valence-electron chi connectivity index (χ0n) is 15.7. The van der Waals surface area contributed by atoms with Gasteiger partial charge in [-0.05, 0) is 45.2 Å². The van der Waals surface area contributed by atoms with Crippen molar-refractivity contribution >= 4 is 17.7 Å². The summed E-state index contributed by atoms with van der Waals surface area (Å²) in [6.45, 7) is 10.7. The lowest BCUT2D eigenvalue weighted by molar-refractivity contribution is -0.120. The number of carbonyl (C=O) groups excluding carboxylic acids is 1. The Bertz CT molecular complexity index is 695. The number of hydrogen-bond donors (Lipinski definition) is 1. The maximum Gasteiger partial charge on any atom is 0.233 e. The van der Waals surface area contributed by atoms with E-state index < -0.39 is 0 Å². The largest absolute Gasteiger partial charge is 0.355 e. The fourth-order valence-corrected chi connectivity index (χ4v) is 3.48. The molecule has 2 aromatic rings. The van der Waals surface area contributed by atoms with Crippen LogP contribution in [0, 0.1) is 20.8 Å². The Balaban J connectivity index is 1.94. The van der Waals surface area contributed by atoms with Crippen LogP contribution in [0.5, 0.6) is 0 Å². The van der Waals surface area contributed by atoms with E-state index in [4.69, 9.17) is 0 Å². The second-order valence-electron chi connectivity index (χ2n) is 6.32. The smallest absolute Gasteiger partial charge is 0.233 e. The number of nitrogens with one attached hydrogen (secondary N) is 1. The molecular formula is C20H27N3OS. The Kier molecular flexibility index (Phi) is 7.00. The van der Waals surface area contributed by atoms with Crippen LogP contribution in [0.25, 0.3) is 0 Å². The van der Waals surface area contributed by atoms with Crippen LogP contribution in [0.2, 0.25) is 0 Å². The molecule has 0 saturated heterocycles. The van der Waals surface area contributed by atoms with Gasteiger partial charge < -0.3 is 5.32 Å². The topological polar surface area (TPSA) is 54.9 Å². The molecule has 0 aliphatic carbocycles. The van der Waals surface area contributed by atoms with Gasteiger partial charge in [0.05, 0.1) is 5.25 Å². The van der Waals surface area contributed by atoms with Gasteiger partial charge in [-0.1, -0.05) is 49.0 Å². The van der Waals surface area contributed by atoms with Crippen molar-refractivity contribution in [2.45, 2.75) is 57.4 Å². The molecule has 0 bridgehead atoms. The first-order valence-electron chi connectivity index (χ1n) is 8.73. The van der Waals surface area contributed by atoms with Gasteiger partial charge in [-0.25, -0.2) is 9.97 Å². The number of benzene rings is 1. The lowest BCUT2D eigenvalue weighted by Gasteiger charge is -2.18. The summed E-state index contributed by atoms with van der Waals surface area (Å²) in [5.41, 5.74) is 4.31. The molecular weight excluding hydrogens is 330 g/mol. The molecule has 1 aromatic carbocycles. The fraction of sp³-hybridized carbons (Fsp3) is 0.450. The summed E-state index contributed by atoms with van der Waals surface area (Å²) in [6.07, 6.45) is 0.991. The Morgan fingerprint density at radius 1 is 1.12 bits per heavy atom. The van der Waals surface area contributed by atoms with E-state index in [0.29, 0.717) is 17.6 Å². The van der Waals surface area contributed by atoms with Crippen molar-refractivity contribution in [3.63, 3.8) is 0 Å². The zero-order valence-corrected chi connectivity index (χ0v) is 16.5. The molecule has 0 aliphatic heterocycles. The van der Waals surface area contributed by atoms with Gasteiger partial charge in [0.25, 0.3) is 0 Å². The van der Waals surface area contributed by atoms with Crippen molar-refractivity contribution in [3.05, 3.63) is 52.8 Å². The highest BCUT2D eigenvalue weighted by Crippen LogP contribution is 2.22. The van der Waals surface area contributed by atoms with Gasteiger partial charge in [0.1, 0.15) is 0 Å². The van der Waals surface area contributed by atoms with Gasteiger partial charge >= 0.3 is 0 Å². The molecule has 0 radical (unpaired) electrons. The number of nitrogens with zero attached hydrogens (tertiary/aromatic N) is 2. The average molecular weight is 358 g/mol. The van der Waals surface area contributed by atoms with Crippen molar-refractivity contribution in [3.8, 4) is 0 Å². The first-order chi connectivity index (χ1) is 11.9. The van der Waals surface area contributed by atoms with Crippen molar-refractivity contribution in [2.75, 3.05) is 6.54 Å². The minimum absolute atomic E-state index is 0.0267. The number of carbonyl (C=O) groups is 1. The first kappa shape index (κ1) is 19.4. The monoisotopic (exact) mass is 357 g/mol. The summed E-state index contributed by atoms with van der Waals surface area (Å²) in [7, 11) is 0. The average Bonchev–Trinajstić information content (AvgIpc) is 2.60. The van der Waals surface area contributed by atoms with E-state index in [9.17, 15) is 4.79 Å². The SMILES string of the molecule is CC[C@@H](CNC(=O)[C@@H](C)Sc1nc(C)c(C)c(C)n1)c1ccccc1. The predicted octanol–water partition coefficient (Wildman–Crippen LogP) is 4.19. The second-order valence-corrected chi connectivity index (χ2v) is 7.63. The van der Waals surface area contributed by atoms with Crippen LogP contribution in [0.15, 0.2) is 35.5 Å². The van der Waals surface area contributed by atoms with E-state index in [1.807, 2.05) is 45.9 Å². The number of thioether (sulfide) groups is 1. The highest BCUT2D eigenvalue weighted by atomic mass is 32.2. The lowest BCUT2D eigenvalue weighted by atomic mass is 9.96. The van der Waals surface area contributed by atoms with Gasteiger partial charge in [0.15, 0.2) is 5.16 Å². The quantitative estimate of drug-likeness (QED) is 0.596. The van der Waals surface area contributed by atoms with E-state index in [0.717, 1.165) is 23.4 Å². The molecule has 2 rings (SSSR count). The molecule has 0 aliphatic rings. The molecule has 4 nitrogen and oxygen atoms in total. The summed E-state index contributed by atoms with van der Waals surface area (Å²) < 4.78 is 0. The van der Waals surface area contributed by atoms with Crippen LogP contribution >= 0.6 is 11.8 Å². The van der Waals surface area contributed by atoms with Crippen molar-refractivity contribution in [1.29, 1.82) is 0 Å². The Labute approximate surface area is 154 Å². The van der Waals surface area contributed by atoms with Gasteiger partial charge in [-0.3, -0.25) is 4.79 Å². The highest BCUT2D eigenvalue weighted by molar-refractivity contribution is 8.00. The maximum absolute atomic E-state index is 12.4. The third-order valence-electron chi connectivity index (χ3n) is 4.55. The molecule has 2 atom stereocenters. The molecule has 0 saturated carbocycles. The second kappa shape index (κ2) is 8.99. The van der Waals surface area contributed by atoms with Crippen LogP contribution in [-0.2, 0) is 4.79 Å². The van der Waals surface area contributed by atoms with Crippen LogP contribution < -0.4 is 5.32 Å². The summed E-state index contributed by atoms with van der Waals surface area (Å²) in [5, 5.41) is 3.52. The molecule has 1 amide bonds. The molecule has 0 unspecified atom stereocenters. The van der Waals surface area contributed by atoms with Crippen LogP contribution in [0.3, 0.4) is 0 Å². The number of amides is 1. The minimum Gasteiger partial charge on any atom is -0.355 e. The molecule has 1 N–H and O–H groups in total. The third kappa shape index (κ3) is 5.30. The van der Waals surface area contributed by atoms with Crippen molar-refractivity contribution < 1.29 is 4.79 Å². The fourth-order valence-electron chi connectivity index (χ4n) is 2.60. The Hall–Kier alpha value is -1.88. The van der Waals surface area contributed by atoms with Crippen molar-refractivity contribution in [2.24, 2.45) is 0 Å². The Morgan fingerprint density at radius 3 is 2.28 bits per heavy atom. The normalized spacial score (nSPS) is 13.3. The summed E-state index contributed by atoms with van der Waals surface area (Å²) in [5.74, 6) is 0.362. The molecule has 0 fully saturated rings. The van der Waals surface area contributed by atoms with E-state index >= 15 is 0 Å². The summed E-state index contributed by atoms with van der Waals surface area (Å²) in [6, 6.07) is 10.3. The lowest BCUT2D eigenvalue weighted by Crippen LogP contribution is -2.34.